The summed E-state index contributed by atoms with van der Waals surface area (Å²) in [4.78, 5) is 23.9. The van der Waals surface area contributed by atoms with Crippen molar-refractivity contribution in [3.8, 4) is 0 Å². The van der Waals surface area contributed by atoms with Gasteiger partial charge in [0.2, 0.25) is 0 Å². The van der Waals surface area contributed by atoms with Crippen LogP contribution in [0.1, 0.15) is 46.5 Å². The van der Waals surface area contributed by atoms with Gasteiger partial charge in [-0.05, 0) is 58.3 Å². The number of fused-ring (bicyclic) bond motifs is 3. The molecule has 1 spiro atoms. The third kappa shape index (κ3) is 1.87. The van der Waals surface area contributed by atoms with Gasteiger partial charge in [0.15, 0.2) is 0 Å². The molecular weight excluding hydrogens is 244 g/mol. The lowest BCUT2D eigenvalue weighted by Gasteiger charge is -2.34. The first kappa shape index (κ1) is 12.9. The average Bonchev–Trinajstić information content (AvgIpc) is 2.95. The molecule has 2 aliphatic carbocycles. The molecular formula is C15H22O4. The zero-order valence-corrected chi connectivity index (χ0v) is 11.9. The molecule has 4 nitrogen and oxygen atoms in total. The van der Waals surface area contributed by atoms with E-state index in [4.69, 9.17) is 9.47 Å². The van der Waals surface area contributed by atoms with Crippen LogP contribution in [-0.2, 0) is 19.1 Å². The Balaban J connectivity index is 1.67. The van der Waals surface area contributed by atoms with E-state index in [1.54, 1.807) is 0 Å². The molecule has 3 aliphatic rings. The highest BCUT2D eigenvalue weighted by atomic mass is 16.5. The predicted molar refractivity (Wildman–Crippen MR) is 68.2 cm³/mol. The summed E-state index contributed by atoms with van der Waals surface area (Å²) in [6.07, 6.45) is 3.56. The van der Waals surface area contributed by atoms with Crippen LogP contribution in [0.3, 0.4) is 0 Å². The van der Waals surface area contributed by atoms with Crippen LogP contribution in [0.15, 0.2) is 0 Å². The number of carbonyl (C=O) groups is 2. The summed E-state index contributed by atoms with van der Waals surface area (Å²) in [7, 11) is 0. The number of hydrogen-bond acceptors (Lipinski definition) is 4. The molecule has 0 amide bonds. The van der Waals surface area contributed by atoms with Crippen molar-refractivity contribution in [3.63, 3.8) is 0 Å². The molecule has 0 aromatic carbocycles. The van der Waals surface area contributed by atoms with Gasteiger partial charge in [-0.25, -0.2) is 0 Å². The summed E-state index contributed by atoms with van der Waals surface area (Å²) < 4.78 is 10.8. The third-order valence-corrected chi connectivity index (χ3v) is 5.10. The average molecular weight is 266 g/mol. The lowest BCUT2D eigenvalue weighted by atomic mass is 9.71. The Kier molecular flexibility index (Phi) is 2.70. The maximum Gasteiger partial charge on any atom is 0.312 e. The Hall–Kier alpha value is -1.06. The molecule has 2 bridgehead atoms. The van der Waals surface area contributed by atoms with Crippen LogP contribution < -0.4 is 0 Å². The minimum absolute atomic E-state index is 0.00995. The van der Waals surface area contributed by atoms with Gasteiger partial charge in [-0.15, -0.1) is 0 Å². The van der Waals surface area contributed by atoms with Gasteiger partial charge in [-0.2, -0.15) is 0 Å². The lowest BCUT2D eigenvalue weighted by molar-refractivity contribution is -0.163. The highest BCUT2D eigenvalue weighted by molar-refractivity contribution is 5.80. The molecule has 3 rings (SSSR count). The van der Waals surface area contributed by atoms with Gasteiger partial charge in [-0.1, -0.05) is 0 Å². The van der Waals surface area contributed by atoms with Crippen LogP contribution in [0.5, 0.6) is 0 Å². The van der Waals surface area contributed by atoms with E-state index in [0.717, 1.165) is 25.7 Å². The van der Waals surface area contributed by atoms with Crippen LogP contribution in [0.4, 0.5) is 0 Å². The Bertz CT molecular complexity index is 422. The van der Waals surface area contributed by atoms with Gasteiger partial charge in [0, 0.05) is 0 Å². The quantitative estimate of drug-likeness (QED) is 0.683. The van der Waals surface area contributed by atoms with Crippen molar-refractivity contribution in [2.45, 2.75) is 52.6 Å². The van der Waals surface area contributed by atoms with Crippen molar-refractivity contribution in [2.75, 3.05) is 6.61 Å². The Morgan fingerprint density at radius 2 is 2.11 bits per heavy atom. The highest BCUT2D eigenvalue weighted by Crippen LogP contribution is 2.60. The fourth-order valence-corrected chi connectivity index (χ4v) is 3.97. The molecule has 1 heterocycles. The van der Waals surface area contributed by atoms with Crippen molar-refractivity contribution in [2.24, 2.45) is 22.7 Å². The Morgan fingerprint density at radius 3 is 2.58 bits per heavy atom. The maximum atomic E-state index is 12.0. The summed E-state index contributed by atoms with van der Waals surface area (Å²) in [5, 5.41) is 0. The predicted octanol–water partition coefficient (Wildman–Crippen LogP) is 2.31. The van der Waals surface area contributed by atoms with Crippen LogP contribution in [0.2, 0.25) is 0 Å². The highest BCUT2D eigenvalue weighted by Gasteiger charge is 2.62. The molecule has 1 saturated heterocycles. The van der Waals surface area contributed by atoms with Gasteiger partial charge in [0.1, 0.15) is 6.10 Å². The molecule has 3 fully saturated rings. The fraction of sp³-hybridized carbons (Fsp3) is 0.867. The van der Waals surface area contributed by atoms with E-state index in [9.17, 15) is 9.59 Å². The molecule has 2 saturated carbocycles. The Labute approximate surface area is 113 Å². The second kappa shape index (κ2) is 3.97. The fourth-order valence-electron chi connectivity index (χ4n) is 3.97. The van der Waals surface area contributed by atoms with Crippen molar-refractivity contribution >= 4 is 11.9 Å². The molecule has 4 atom stereocenters. The second-order valence-electron chi connectivity index (χ2n) is 7.37. The van der Waals surface area contributed by atoms with Gasteiger partial charge in [0.05, 0.1) is 17.4 Å². The van der Waals surface area contributed by atoms with Gasteiger partial charge in [-0.3, -0.25) is 9.59 Å². The summed E-state index contributed by atoms with van der Waals surface area (Å²) in [6, 6.07) is 0. The Morgan fingerprint density at radius 1 is 1.37 bits per heavy atom. The zero-order chi connectivity index (χ0) is 13.8. The molecule has 106 valence electrons. The first-order valence-corrected chi connectivity index (χ1v) is 7.21. The molecule has 0 aromatic heterocycles. The second-order valence-corrected chi connectivity index (χ2v) is 7.37. The first-order chi connectivity index (χ1) is 8.83. The van der Waals surface area contributed by atoms with Crippen molar-refractivity contribution in [3.05, 3.63) is 0 Å². The molecule has 0 radical (unpaired) electrons. The molecule has 1 aliphatic heterocycles. The molecule has 4 heteroatoms. The van der Waals surface area contributed by atoms with Crippen molar-refractivity contribution in [1.82, 2.24) is 0 Å². The maximum absolute atomic E-state index is 12.0. The topological polar surface area (TPSA) is 52.6 Å². The summed E-state index contributed by atoms with van der Waals surface area (Å²) in [5.74, 6) is 0.556. The SMILES string of the molecule is CC(C)(C)C(=O)OC1CC2CC1CC21CCOC1=O. The van der Waals surface area contributed by atoms with E-state index in [1.165, 1.54) is 0 Å². The summed E-state index contributed by atoms with van der Waals surface area (Å²) >= 11 is 0. The standard InChI is InChI=1S/C15H22O4/c1-14(2,3)12(16)19-11-7-10-6-9(11)8-15(10)4-5-18-13(15)17/h9-11H,4-8H2,1-3H3. The molecule has 0 aromatic rings. The summed E-state index contributed by atoms with van der Waals surface area (Å²) in [5.41, 5.74) is -0.693. The van der Waals surface area contributed by atoms with E-state index in [0.29, 0.717) is 18.4 Å². The van der Waals surface area contributed by atoms with Gasteiger partial charge in [0.25, 0.3) is 0 Å². The zero-order valence-electron chi connectivity index (χ0n) is 11.9. The number of hydrogen-bond donors (Lipinski definition) is 0. The van der Waals surface area contributed by atoms with E-state index in [2.05, 4.69) is 0 Å². The monoisotopic (exact) mass is 266 g/mol. The summed E-state index contributed by atoms with van der Waals surface area (Å²) in [6.45, 7) is 6.18. The van der Waals surface area contributed by atoms with Crippen molar-refractivity contribution in [1.29, 1.82) is 0 Å². The normalized spacial score (nSPS) is 40.8. The van der Waals surface area contributed by atoms with E-state index in [1.807, 2.05) is 20.8 Å². The number of cyclic esters (lactones) is 1. The number of esters is 2. The van der Waals surface area contributed by atoms with Crippen LogP contribution in [0.25, 0.3) is 0 Å². The number of rotatable bonds is 1. The largest absolute Gasteiger partial charge is 0.465 e. The first-order valence-electron chi connectivity index (χ1n) is 7.21. The minimum Gasteiger partial charge on any atom is -0.465 e. The van der Waals surface area contributed by atoms with Crippen LogP contribution in [-0.4, -0.2) is 24.6 Å². The van der Waals surface area contributed by atoms with Crippen molar-refractivity contribution < 1.29 is 19.1 Å². The van der Waals surface area contributed by atoms with Gasteiger partial charge < -0.3 is 9.47 Å². The molecule has 0 N–H and O–H groups in total. The van der Waals surface area contributed by atoms with Gasteiger partial charge >= 0.3 is 11.9 Å². The third-order valence-electron chi connectivity index (χ3n) is 5.10. The number of ether oxygens (including phenoxy) is 2. The molecule has 4 unspecified atom stereocenters. The lowest BCUT2D eigenvalue weighted by Crippen LogP contribution is -2.39. The van der Waals surface area contributed by atoms with E-state index < -0.39 is 5.41 Å². The number of carbonyl (C=O) groups excluding carboxylic acids is 2. The minimum atomic E-state index is -0.453. The smallest absolute Gasteiger partial charge is 0.312 e. The van der Waals surface area contributed by atoms with E-state index in [-0.39, 0.29) is 23.5 Å². The van der Waals surface area contributed by atoms with Crippen LogP contribution >= 0.6 is 0 Å². The molecule has 19 heavy (non-hydrogen) atoms. The van der Waals surface area contributed by atoms with E-state index >= 15 is 0 Å². The van der Waals surface area contributed by atoms with Crippen LogP contribution in [0, 0.1) is 22.7 Å².